The number of nitrogens with zero attached hydrogens (tertiary/aromatic N) is 2. The average Bonchev–Trinajstić information content (AvgIpc) is 2.72. The summed E-state index contributed by atoms with van der Waals surface area (Å²) in [4.78, 5) is 12.3. The van der Waals surface area contributed by atoms with Crippen LogP contribution in [-0.2, 0) is 7.05 Å². The van der Waals surface area contributed by atoms with Gasteiger partial charge in [-0.3, -0.25) is 4.79 Å². The standard InChI is InChI=1S/C22H21N3O2/c1-25-21(26)15-19(16-11-13-23-14-12-16)22(24-25)18-9-5-6-10-20(18)27-17-7-3-2-4-8-17/h2-11,15,23H,12-14H2,1H3. The second kappa shape index (κ2) is 7.60. The maximum Gasteiger partial charge on any atom is 0.267 e. The zero-order valence-electron chi connectivity index (χ0n) is 15.2. The Labute approximate surface area is 157 Å². The summed E-state index contributed by atoms with van der Waals surface area (Å²) in [5, 5.41) is 7.89. The summed E-state index contributed by atoms with van der Waals surface area (Å²) in [6.45, 7) is 1.69. The lowest BCUT2D eigenvalue weighted by molar-refractivity contribution is 0.484. The number of rotatable bonds is 4. The Morgan fingerprint density at radius 2 is 1.81 bits per heavy atom. The van der Waals surface area contributed by atoms with E-state index in [1.165, 1.54) is 4.68 Å². The Morgan fingerprint density at radius 1 is 1.04 bits per heavy atom. The van der Waals surface area contributed by atoms with Crippen molar-refractivity contribution in [2.45, 2.75) is 6.42 Å². The summed E-state index contributed by atoms with van der Waals surface area (Å²) in [6.07, 6.45) is 2.99. The van der Waals surface area contributed by atoms with E-state index in [1.807, 2.05) is 54.6 Å². The smallest absolute Gasteiger partial charge is 0.267 e. The van der Waals surface area contributed by atoms with Gasteiger partial charge in [-0.25, -0.2) is 4.68 Å². The van der Waals surface area contributed by atoms with Gasteiger partial charge in [0.25, 0.3) is 5.56 Å². The molecule has 0 amide bonds. The van der Waals surface area contributed by atoms with E-state index in [0.717, 1.165) is 47.7 Å². The minimum absolute atomic E-state index is 0.116. The Balaban J connectivity index is 1.85. The fourth-order valence-corrected chi connectivity index (χ4v) is 3.22. The van der Waals surface area contributed by atoms with Gasteiger partial charge in [0.2, 0.25) is 0 Å². The van der Waals surface area contributed by atoms with Crippen LogP contribution in [0.1, 0.15) is 12.0 Å². The topological polar surface area (TPSA) is 56.1 Å². The molecule has 3 aromatic rings. The maximum atomic E-state index is 12.3. The van der Waals surface area contributed by atoms with Crippen molar-refractivity contribution in [2.24, 2.45) is 7.05 Å². The highest BCUT2D eigenvalue weighted by Crippen LogP contribution is 2.36. The van der Waals surface area contributed by atoms with Crippen molar-refractivity contribution in [3.8, 4) is 22.8 Å². The van der Waals surface area contributed by atoms with Crippen molar-refractivity contribution >= 4 is 5.57 Å². The van der Waals surface area contributed by atoms with Crippen LogP contribution in [0.4, 0.5) is 0 Å². The lowest BCUT2D eigenvalue weighted by Crippen LogP contribution is -2.23. The molecular formula is C22H21N3O2. The van der Waals surface area contributed by atoms with E-state index in [2.05, 4.69) is 16.5 Å². The monoisotopic (exact) mass is 359 g/mol. The van der Waals surface area contributed by atoms with Gasteiger partial charge in [0, 0.05) is 30.8 Å². The first kappa shape index (κ1) is 17.2. The van der Waals surface area contributed by atoms with Crippen molar-refractivity contribution in [3.63, 3.8) is 0 Å². The zero-order chi connectivity index (χ0) is 18.6. The number of hydrogen-bond acceptors (Lipinski definition) is 4. The van der Waals surface area contributed by atoms with Crippen LogP contribution in [0.5, 0.6) is 11.5 Å². The highest BCUT2D eigenvalue weighted by atomic mass is 16.5. The van der Waals surface area contributed by atoms with E-state index in [1.54, 1.807) is 13.1 Å². The van der Waals surface area contributed by atoms with Gasteiger partial charge in [-0.05, 0) is 42.8 Å². The van der Waals surface area contributed by atoms with E-state index in [4.69, 9.17) is 4.74 Å². The third-order valence-electron chi connectivity index (χ3n) is 4.61. The van der Waals surface area contributed by atoms with Crippen molar-refractivity contribution in [1.29, 1.82) is 0 Å². The molecule has 1 N–H and O–H groups in total. The molecule has 27 heavy (non-hydrogen) atoms. The van der Waals surface area contributed by atoms with Crippen LogP contribution in [0.25, 0.3) is 16.8 Å². The van der Waals surface area contributed by atoms with E-state index in [9.17, 15) is 4.79 Å². The van der Waals surface area contributed by atoms with Crippen molar-refractivity contribution in [1.82, 2.24) is 15.1 Å². The van der Waals surface area contributed by atoms with E-state index >= 15 is 0 Å². The summed E-state index contributed by atoms with van der Waals surface area (Å²) < 4.78 is 7.49. The third-order valence-corrected chi connectivity index (χ3v) is 4.61. The van der Waals surface area contributed by atoms with Crippen molar-refractivity contribution in [2.75, 3.05) is 13.1 Å². The molecule has 0 saturated heterocycles. The Kier molecular flexibility index (Phi) is 4.85. The minimum Gasteiger partial charge on any atom is -0.457 e. The largest absolute Gasteiger partial charge is 0.457 e. The molecule has 136 valence electrons. The quantitative estimate of drug-likeness (QED) is 0.773. The Morgan fingerprint density at radius 3 is 2.59 bits per heavy atom. The summed E-state index contributed by atoms with van der Waals surface area (Å²) in [5.74, 6) is 1.48. The van der Waals surface area contributed by atoms with E-state index in [-0.39, 0.29) is 5.56 Å². The number of aromatic nitrogens is 2. The fraction of sp³-hybridized carbons (Fsp3) is 0.182. The van der Waals surface area contributed by atoms with Gasteiger partial charge in [0.05, 0.1) is 0 Å². The second-order valence-corrected chi connectivity index (χ2v) is 6.46. The van der Waals surface area contributed by atoms with Gasteiger partial charge in [0.1, 0.15) is 17.2 Å². The Hall–Kier alpha value is -3.18. The van der Waals surface area contributed by atoms with Gasteiger partial charge < -0.3 is 10.1 Å². The number of aryl methyl sites for hydroxylation is 1. The summed E-state index contributed by atoms with van der Waals surface area (Å²) in [7, 11) is 1.67. The molecule has 0 atom stereocenters. The molecule has 0 fully saturated rings. The molecule has 1 aliphatic heterocycles. The molecule has 0 radical (unpaired) electrons. The predicted molar refractivity (Wildman–Crippen MR) is 107 cm³/mol. The van der Waals surface area contributed by atoms with E-state index < -0.39 is 0 Å². The number of hydrogen-bond donors (Lipinski definition) is 1. The second-order valence-electron chi connectivity index (χ2n) is 6.46. The van der Waals surface area contributed by atoms with Crippen LogP contribution in [0.3, 0.4) is 0 Å². The molecule has 5 heteroatoms. The van der Waals surface area contributed by atoms with Gasteiger partial charge in [-0.15, -0.1) is 0 Å². The van der Waals surface area contributed by atoms with Crippen LogP contribution in [0, 0.1) is 0 Å². The molecule has 0 spiro atoms. The van der Waals surface area contributed by atoms with Crippen LogP contribution >= 0.6 is 0 Å². The van der Waals surface area contributed by atoms with Crippen LogP contribution < -0.4 is 15.6 Å². The van der Waals surface area contributed by atoms with Crippen LogP contribution in [-0.4, -0.2) is 22.9 Å². The highest BCUT2D eigenvalue weighted by molar-refractivity contribution is 5.81. The van der Waals surface area contributed by atoms with Gasteiger partial charge in [0.15, 0.2) is 0 Å². The number of benzene rings is 2. The Bertz CT molecular complexity index is 1040. The molecule has 1 aliphatic rings. The summed E-state index contributed by atoms with van der Waals surface area (Å²) in [6, 6.07) is 19.2. The molecular weight excluding hydrogens is 338 g/mol. The van der Waals surface area contributed by atoms with Gasteiger partial charge in [-0.1, -0.05) is 36.4 Å². The first-order valence-corrected chi connectivity index (χ1v) is 9.03. The molecule has 2 heterocycles. The SMILES string of the molecule is Cn1nc(-c2ccccc2Oc2ccccc2)c(C2=CCNCC2)cc1=O. The molecule has 0 unspecified atom stereocenters. The molecule has 0 bridgehead atoms. The first-order chi connectivity index (χ1) is 13.2. The zero-order valence-corrected chi connectivity index (χ0v) is 15.2. The predicted octanol–water partition coefficient (Wildman–Crippen LogP) is 3.62. The van der Waals surface area contributed by atoms with Crippen molar-refractivity contribution < 1.29 is 4.74 Å². The first-order valence-electron chi connectivity index (χ1n) is 9.03. The molecule has 2 aromatic carbocycles. The van der Waals surface area contributed by atoms with Gasteiger partial charge >= 0.3 is 0 Å². The molecule has 0 aliphatic carbocycles. The van der Waals surface area contributed by atoms with Crippen molar-refractivity contribution in [3.05, 3.63) is 82.7 Å². The highest BCUT2D eigenvalue weighted by Gasteiger charge is 2.18. The van der Waals surface area contributed by atoms with Crippen LogP contribution in [0.15, 0.2) is 71.5 Å². The lowest BCUT2D eigenvalue weighted by atomic mass is 9.95. The molecule has 1 aromatic heterocycles. The number of nitrogens with one attached hydrogen (secondary N) is 1. The van der Waals surface area contributed by atoms with Gasteiger partial charge in [-0.2, -0.15) is 5.10 Å². The fourth-order valence-electron chi connectivity index (χ4n) is 3.22. The van der Waals surface area contributed by atoms with Crippen LogP contribution in [0.2, 0.25) is 0 Å². The van der Waals surface area contributed by atoms with E-state index in [0.29, 0.717) is 5.75 Å². The molecule has 5 nitrogen and oxygen atoms in total. The third kappa shape index (κ3) is 3.68. The summed E-state index contributed by atoms with van der Waals surface area (Å²) in [5.41, 5.74) is 3.53. The minimum atomic E-state index is -0.116. The number of para-hydroxylation sites is 2. The average molecular weight is 359 g/mol. The lowest BCUT2D eigenvalue weighted by Gasteiger charge is -2.18. The maximum absolute atomic E-state index is 12.3. The summed E-state index contributed by atoms with van der Waals surface area (Å²) >= 11 is 0. The molecule has 4 rings (SSSR count). The normalized spacial score (nSPS) is 13.9. The number of ether oxygens (including phenoxy) is 1. The molecule has 0 saturated carbocycles.